The number of benzene rings is 3. The van der Waals surface area contributed by atoms with E-state index in [4.69, 9.17) is 23.7 Å². The maximum atomic E-state index is 13.6. The van der Waals surface area contributed by atoms with Crippen molar-refractivity contribution in [3.8, 4) is 11.1 Å². The third-order valence-corrected chi connectivity index (χ3v) is 9.61. The topological polar surface area (TPSA) is 193 Å². The van der Waals surface area contributed by atoms with Gasteiger partial charge in [-0.1, -0.05) is 84.1 Å². The summed E-state index contributed by atoms with van der Waals surface area (Å²) >= 11 is 0.920. The van der Waals surface area contributed by atoms with Gasteiger partial charge in [-0.2, -0.15) is 0 Å². The van der Waals surface area contributed by atoms with E-state index in [2.05, 4.69) is 10.6 Å². The fourth-order valence-electron chi connectivity index (χ4n) is 5.89. The third kappa shape index (κ3) is 11.6. The SMILES string of the molecule is COC(=O)[C@]1(Sc2ccc(C)cc2)C[C@H](O)[C@@H](NC(=O)COC(C)=O)[C@H]([C@H](OC(C)=O)[C@@H](CNC(=O)Cc2ccc(-c3ccccc3)cc2)OC(C)=O)O1. The van der Waals surface area contributed by atoms with Crippen molar-refractivity contribution >= 4 is 47.5 Å². The van der Waals surface area contributed by atoms with E-state index < -0.39 is 90.7 Å². The number of carbonyl (C=O) groups is 6. The second-order valence-corrected chi connectivity index (χ2v) is 14.0. The van der Waals surface area contributed by atoms with E-state index in [1.807, 2.05) is 61.5 Å². The molecule has 1 heterocycles. The number of aliphatic hydroxyl groups is 1. The molecule has 1 aliphatic rings. The predicted molar refractivity (Wildman–Crippen MR) is 196 cm³/mol. The number of hydrogen-bond acceptors (Lipinski definition) is 13. The van der Waals surface area contributed by atoms with Gasteiger partial charge < -0.3 is 39.4 Å². The molecule has 1 fully saturated rings. The average molecular weight is 765 g/mol. The van der Waals surface area contributed by atoms with Gasteiger partial charge in [0, 0.05) is 32.1 Å². The maximum absolute atomic E-state index is 13.6. The number of thioether (sulfide) groups is 1. The van der Waals surface area contributed by atoms with Crippen molar-refractivity contribution in [2.75, 3.05) is 20.3 Å². The van der Waals surface area contributed by atoms with E-state index >= 15 is 0 Å². The van der Waals surface area contributed by atoms with Crippen molar-refractivity contribution in [3.05, 3.63) is 90.0 Å². The molecule has 0 radical (unpaired) electrons. The van der Waals surface area contributed by atoms with Crippen molar-refractivity contribution < 1.29 is 57.6 Å². The lowest BCUT2D eigenvalue weighted by molar-refractivity contribution is -0.216. The van der Waals surface area contributed by atoms with E-state index in [-0.39, 0.29) is 6.42 Å². The van der Waals surface area contributed by atoms with E-state index in [9.17, 15) is 33.9 Å². The fraction of sp³-hybridized carbons (Fsp3) is 0.385. The highest BCUT2D eigenvalue weighted by molar-refractivity contribution is 8.01. The number of aryl methyl sites for hydroxylation is 1. The molecule has 15 heteroatoms. The van der Waals surface area contributed by atoms with Crippen LogP contribution in [0.5, 0.6) is 0 Å². The van der Waals surface area contributed by atoms with Crippen LogP contribution in [0.2, 0.25) is 0 Å². The Hall–Kier alpha value is -5.25. The standard InChI is InChI=1S/C39H44N2O12S/c1-23-11-17-30(18-12-23)54-39(38(48)49-5)20-31(45)35(41-34(47)22-50-24(2)42)37(53-39)36(52-26(4)44)32(51-25(3)43)21-40-33(46)19-27-13-15-29(16-14-27)28-9-7-6-8-10-28/h6-18,31-32,35-37,45H,19-22H2,1-5H3,(H,40,46)(H,41,47)/t31-,32+,35+,36+,37+,39+/m0/s1. The number of rotatable bonds is 15. The van der Waals surface area contributed by atoms with E-state index in [1.165, 1.54) is 0 Å². The van der Waals surface area contributed by atoms with Crippen molar-refractivity contribution in [2.45, 2.75) is 80.8 Å². The summed E-state index contributed by atoms with van der Waals surface area (Å²) in [6.45, 7) is 4.05. The largest absolute Gasteiger partial charge is 0.466 e. The van der Waals surface area contributed by atoms with Crippen LogP contribution in [0.4, 0.5) is 0 Å². The van der Waals surface area contributed by atoms with Crippen LogP contribution in [-0.2, 0) is 58.9 Å². The molecule has 54 heavy (non-hydrogen) atoms. The van der Waals surface area contributed by atoms with Gasteiger partial charge in [0.05, 0.1) is 32.2 Å². The summed E-state index contributed by atoms with van der Waals surface area (Å²) in [4.78, 5) is 74.9. The Labute approximate surface area is 317 Å². The second kappa shape index (κ2) is 19.2. The lowest BCUT2D eigenvalue weighted by Crippen LogP contribution is -2.68. The normalized spacial score (nSPS) is 20.4. The van der Waals surface area contributed by atoms with Gasteiger partial charge in [0.2, 0.25) is 10.8 Å². The molecule has 1 saturated heterocycles. The molecule has 0 spiro atoms. The molecular formula is C39H44N2O12S. The minimum Gasteiger partial charge on any atom is -0.466 e. The zero-order valence-electron chi connectivity index (χ0n) is 30.6. The Bertz CT molecular complexity index is 1790. The van der Waals surface area contributed by atoms with Crippen LogP contribution in [0.3, 0.4) is 0 Å². The monoisotopic (exact) mass is 764 g/mol. The van der Waals surface area contributed by atoms with Crippen molar-refractivity contribution in [1.29, 1.82) is 0 Å². The van der Waals surface area contributed by atoms with Crippen molar-refractivity contribution in [1.82, 2.24) is 10.6 Å². The molecule has 0 unspecified atom stereocenters. The fourth-order valence-corrected chi connectivity index (χ4v) is 7.12. The maximum Gasteiger partial charge on any atom is 0.349 e. The molecule has 288 valence electrons. The van der Waals surface area contributed by atoms with Gasteiger partial charge >= 0.3 is 23.9 Å². The van der Waals surface area contributed by atoms with Gasteiger partial charge in [-0.25, -0.2) is 4.79 Å². The Balaban J connectivity index is 1.66. The molecule has 0 saturated carbocycles. The van der Waals surface area contributed by atoms with Gasteiger partial charge in [0.15, 0.2) is 18.8 Å². The van der Waals surface area contributed by atoms with E-state index in [0.29, 0.717) is 10.5 Å². The molecule has 0 aromatic heterocycles. The summed E-state index contributed by atoms with van der Waals surface area (Å²) in [6, 6.07) is 22.8. The summed E-state index contributed by atoms with van der Waals surface area (Å²) in [5.74, 6) is -4.64. The minimum absolute atomic E-state index is 0.0494. The van der Waals surface area contributed by atoms with Gasteiger partial charge in [0.25, 0.3) is 5.91 Å². The number of methoxy groups -OCH3 is 1. The number of carbonyl (C=O) groups excluding carboxylic acids is 6. The highest BCUT2D eigenvalue weighted by Gasteiger charge is 2.57. The Kier molecular flexibility index (Phi) is 14.7. The first-order valence-corrected chi connectivity index (χ1v) is 17.9. The number of nitrogens with one attached hydrogen (secondary N) is 2. The van der Waals surface area contributed by atoms with Crippen LogP contribution >= 0.6 is 11.8 Å². The molecule has 3 aromatic carbocycles. The number of esters is 4. The van der Waals surface area contributed by atoms with Crippen molar-refractivity contribution in [3.63, 3.8) is 0 Å². The molecule has 2 amide bonds. The number of ether oxygens (including phenoxy) is 5. The first-order chi connectivity index (χ1) is 25.7. The number of hydrogen-bond donors (Lipinski definition) is 3. The number of amides is 2. The van der Waals surface area contributed by atoms with Crippen molar-refractivity contribution in [2.24, 2.45) is 0 Å². The highest BCUT2D eigenvalue weighted by Crippen LogP contribution is 2.45. The molecule has 6 atom stereocenters. The summed E-state index contributed by atoms with van der Waals surface area (Å²) < 4.78 is 27.7. The lowest BCUT2D eigenvalue weighted by Gasteiger charge is -2.48. The molecule has 1 aliphatic heterocycles. The smallest absolute Gasteiger partial charge is 0.349 e. The highest BCUT2D eigenvalue weighted by atomic mass is 32.2. The molecule has 3 aromatic rings. The molecule has 4 rings (SSSR count). The number of aliphatic hydroxyl groups excluding tert-OH is 1. The first kappa shape index (κ1) is 41.5. The molecule has 14 nitrogen and oxygen atoms in total. The Morgan fingerprint density at radius 2 is 1.48 bits per heavy atom. The summed E-state index contributed by atoms with van der Waals surface area (Å²) in [7, 11) is 1.13. The van der Waals surface area contributed by atoms with Crippen LogP contribution in [-0.4, -0.2) is 96.5 Å². The van der Waals surface area contributed by atoms with E-state index in [1.54, 1.807) is 24.3 Å². The molecular weight excluding hydrogens is 720 g/mol. The second-order valence-electron chi connectivity index (χ2n) is 12.7. The van der Waals surface area contributed by atoms with Gasteiger partial charge in [-0.3, -0.25) is 24.0 Å². The Morgan fingerprint density at radius 1 is 0.852 bits per heavy atom. The van der Waals surface area contributed by atoms with Crippen LogP contribution in [0, 0.1) is 6.92 Å². The van der Waals surface area contributed by atoms with Gasteiger partial charge in [-0.05, 0) is 35.7 Å². The third-order valence-electron chi connectivity index (χ3n) is 8.34. The van der Waals surface area contributed by atoms with Crippen LogP contribution in [0.15, 0.2) is 83.8 Å². The minimum atomic E-state index is -1.97. The van der Waals surface area contributed by atoms with Crippen LogP contribution in [0.1, 0.15) is 38.3 Å². The van der Waals surface area contributed by atoms with Gasteiger partial charge in [0.1, 0.15) is 6.10 Å². The predicted octanol–water partition coefficient (Wildman–Crippen LogP) is 3.04. The average Bonchev–Trinajstić information content (AvgIpc) is 3.13. The zero-order chi connectivity index (χ0) is 39.4. The quantitative estimate of drug-likeness (QED) is 0.151. The molecule has 0 aliphatic carbocycles. The zero-order valence-corrected chi connectivity index (χ0v) is 31.4. The van der Waals surface area contributed by atoms with E-state index in [0.717, 1.165) is 56.3 Å². The summed E-state index contributed by atoms with van der Waals surface area (Å²) in [5, 5.41) is 16.9. The van der Waals surface area contributed by atoms with Crippen LogP contribution in [0.25, 0.3) is 11.1 Å². The van der Waals surface area contributed by atoms with Crippen LogP contribution < -0.4 is 10.6 Å². The molecule has 3 N–H and O–H groups in total. The lowest BCUT2D eigenvalue weighted by atomic mass is 9.89. The Morgan fingerprint density at radius 3 is 2.07 bits per heavy atom. The van der Waals surface area contributed by atoms with Gasteiger partial charge in [-0.15, -0.1) is 0 Å². The first-order valence-electron chi connectivity index (χ1n) is 17.1. The summed E-state index contributed by atoms with van der Waals surface area (Å²) in [6.07, 6.45) is -6.73. The molecule has 0 bridgehead atoms. The summed E-state index contributed by atoms with van der Waals surface area (Å²) in [5.41, 5.74) is 3.61.